The molecule has 0 saturated carbocycles. The van der Waals surface area contributed by atoms with E-state index >= 15 is 0 Å². The maximum absolute atomic E-state index is 12.2. The Morgan fingerprint density at radius 1 is 0.946 bits per heavy atom. The molecule has 4 aromatic carbocycles. The van der Waals surface area contributed by atoms with E-state index in [1.54, 1.807) is 0 Å². The van der Waals surface area contributed by atoms with Crippen molar-refractivity contribution in [2.24, 2.45) is 10.7 Å². The molecule has 2 heterocycles. The van der Waals surface area contributed by atoms with Crippen LogP contribution in [0.5, 0.6) is 11.5 Å². The van der Waals surface area contributed by atoms with Crippen molar-refractivity contribution in [3.05, 3.63) is 102 Å². The molecule has 0 bridgehead atoms. The summed E-state index contributed by atoms with van der Waals surface area (Å²) in [5.41, 5.74) is 8.78. The molecule has 3 N–H and O–H groups in total. The molecule has 0 fully saturated rings. The third-order valence-corrected chi connectivity index (χ3v) is 6.86. The summed E-state index contributed by atoms with van der Waals surface area (Å²) in [6.45, 7) is 1.35. The fourth-order valence-electron chi connectivity index (χ4n) is 5.13. The standard InChI is InChI=1S/C30H28N4O3/c31-29(35)16-26-24-12-3-4-13-25(24)33-30(32-17-21-10-7-9-20-8-1-2-11-23(20)21)34(26)18-22-19-36-27-14-5-6-15-28(27)37-22/h1-15,22,26H,16-19H2,(H2,31,35)(H,32,33). The molecule has 186 valence electrons. The molecule has 6 rings (SSSR count). The van der Waals surface area contributed by atoms with Gasteiger partial charge >= 0.3 is 0 Å². The van der Waals surface area contributed by atoms with Gasteiger partial charge in [-0.25, -0.2) is 4.99 Å². The molecule has 7 heteroatoms. The van der Waals surface area contributed by atoms with E-state index in [9.17, 15) is 4.79 Å². The number of carbonyl (C=O) groups excluding carboxylic acids is 1. The van der Waals surface area contributed by atoms with Crippen molar-refractivity contribution in [2.75, 3.05) is 18.5 Å². The molecule has 37 heavy (non-hydrogen) atoms. The molecule has 0 aliphatic carbocycles. The first-order valence-electron chi connectivity index (χ1n) is 12.5. The lowest BCUT2D eigenvalue weighted by molar-refractivity contribution is -0.119. The van der Waals surface area contributed by atoms with E-state index in [1.807, 2.05) is 60.7 Å². The Hall–Kier alpha value is -4.52. The minimum atomic E-state index is -0.369. The Morgan fingerprint density at radius 2 is 1.70 bits per heavy atom. The van der Waals surface area contributed by atoms with Crippen LogP contribution in [0.1, 0.15) is 23.6 Å². The normalized spacial score (nSPS) is 19.4. The van der Waals surface area contributed by atoms with Gasteiger partial charge in [-0.3, -0.25) is 4.79 Å². The van der Waals surface area contributed by atoms with Gasteiger partial charge in [0.15, 0.2) is 23.6 Å². The molecule has 4 aromatic rings. The van der Waals surface area contributed by atoms with Gasteiger partial charge in [0.2, 0.25) is 5.91 Å². The van der Waals surface area contributed by atoms with Crippen LogP contribution in [0.25, 0.3) is 10.8 Å². The molecule has 0 spiro atoms. The zero-order valence-corrected chi connectivity index (χ0v) is 20.3. The van der Waals surface area contributed by atoms with Crippen molar-refractivity contribution < 1.29 is 14.3 Å². The van der Waals surface area contributed by atoms with E-state index in [4.69, 9.17) is 20.2 Å². The quantitative estimate of drug-likeness (QED) is 0.401. The van der Waals surface area contributed by atoms with E-state index in [0.717, 1.165) is 22.6 Å². The number of rotatable bonds is 6. The largest absolute Gasteiger partial charge is 0.486 e. The number of anilines is 1. The lowest BCUT2D eigenvalue weighted by Gasteiger charge is -2.41. The molecular formula is C30H28N4O3. The molecule has 0 saturated heterocycles. The minimum absolute atomic E-state index is 0.163. The zero-order valence-electron chi connectivity index (χ0n) is 20.3. The molecule has 1 amide bonds. The number of benzene rings is 4. The van der Waals surface area contributed by atoms with Gasteiger partial charge in [0.1, 0.15) is 6.61 Å². The van der Waals surface area contributed by atoms with Gasteiger partial charge in [-0.05, 0) is 40.1 Å². The number of para-hydroxylation sites is 3. The predicted molar refractivity (Wildman–Crippen MR) is 145 cm³/mol. The van der Waals surface area contributed by atoms with Crippen molar-refractivity contribution in [3.63, 3.8) is 0 Å². The number of nitrogens with zero attached hydrogens (tertiary/aromatic N) is 2. The summed E-state index contributed by atoms with van der Waals surface area (Å²) in [4.78, 5) is 19.3. The summed E-state index contributed by atoms with van der Waals surface area (Å²) in [6.07, 6.45) is -0.0871. The number of aliphatic imine (C=N–C) groups is 1. The van der Waals surface area contributed by atoms with Gasteiger partial charge in [-0.15, -0.1) is 0 Å². The number of ether oxygens (including phenoxy) is 2. The Kier molecular flexibility index (Phi) is 6.10. The second kappa shape index (κ2) is 9.85. The monoisotopic (exact) mass is 492 g/mol. The topological polar surface area (TPSA) is 89.2 Å². The Balaban J connectivity index is 1.36. The lowest BCUT2D eigenvalue weighted by Crippen LogP contribution is -2.50. The van der Waals surface area contributed by atoms with Gasteiger partial charge in [0, 0.05) is 5.69 Å². The van der Waals surface area contributed by atoms with E-state index in [0.29, 0.717) is 31.4 Å². The first kappa shape index (κ1) is 22.9. The number of primary amides is 1. The van der Waals surface area contributed by atoms with Crippen LogP contribution in [0.3, 0.4) is 0 Å². The number of hydrogen-bond acceptors (Lipinski definition) is 4. The van der Waals surface area contributed by atoms with E-state index < -0.39 is 0 Å². The number of fused-ring (bicyclic) bond motifs is 3. The van der Waals surface area contributed by atoms with Gasteiger partial charge in [0.05, 0.1) is 25.6 Å². The summed E-state index contributed by atoms with van der Waals surface area (Å²) >= 11 is 0. The second-order valence-electron chi connectivity index (χ2n) is 9.33. The smallest absolute Gasteiger partial charge is 0.219 e. The van der Waals surface area contributed by atoms with E-state index in [2.05, 4.69) is 40.5 Å². The highest BCUT2D eigenvalue weighted by Crippen LogP contribution is 2.37. The average Bonchev–Trinajstić information content (AvgIpc) is 2.93. The summed E-state index contributed by atoms with van der Waals surface area (Å²) in [6, 6.07) is 29.9. The molecule has 2 unspecified atom stereocenters. The van der Waals surface area contributed by atoms with Crippen LogP contribution in [-0.4, -0.2) is 36.0 Å². The first-order chi connectivity index (χ1) is 18.2. The van der Waals surface area contributed by atoms with Crippen molar-refractivity contribution in [1.29, 1.82) is 0 Å². The van der Waals surface area contributed by atoms with Crippen molar-refractivity contribution >= 4 is 28.3 Å². The highest BCUT2D eigenvalue weighted by molar-refractivity contribution is 5.98. The van der Waals surface area contributed by atoms with Gasteiger partial charge in [0.25, 0.3) is 0 Å². The third kappa shape index (κ3) is 4.68. The van der Waals surface area contributed by atoms with Crippen LogP contribution >= 0.6 is 0 Å². The van der Waals surface area contributed by atoms with Crippen LogP contribution in [0.15, 0.2) is 96.0 Å². The number of amides is 1. The number of carbonyl (C=O) groups is 1. The van der Waals surface area contributed by atoms with Crippen LogP contribution in [0.4, 0.5) is 5.69 Å². The van der Waals surface area contributed by atoms with E-state index in [1.165, 1.54) is 10.8 Å². The second-order valence-corrected chi connectivity index (χ2v) is 9.33. The van der Waals surface area contributed by atoms with Gasteiger partial charge < -0.3 is 25.4 Å². The van der Waals surface area contributed by atoms with Crippen LogP contribution < -0.4 is 20.5 Å². The summed E-state index contributed by atoms with van der Waals surface area (Å²) in [5.74, 6) is 1.76. The Morgan fingerprint density at radius 3 is 2.59 bits per heavy atom. The van der Waals surface area contributed by atoms with Gasteiger partial charge in [-0.1, -0.05) is 72.8 Å². The van der Waals surface area contributed by atoms with Crippen LogP contribution in [0.2, 0.25) is 0 Å². The molecule has 2 aliphatic rings. The number of guanidine groups is 1. The maximum atomic E-state index is 12.2. The SMILES string of the molecule is NC(=O)CC1c2ccccc2NC(=NCc2cccc3ccccc23)N1CC1COc2ccccc2O1. The van der Waals surface area contributed by atoms with Crippen LogP contribution in [0, 0.1) is 0 Å². The molecule has 7 nitrogen and oxygen atoms in total. The highest BCUT2D eigenvalue weighted by atomic mass is 16.6. The molecular weight excluding hydrogens is 464 g/mol. The summed E-state index contributed by atoms with van der Waals surface area (Å²) in [7, 11) is 0. The predicted octanol–water partition coefficient (Wildman–Crippen LogP) is 4.88. The number of hydrogen-bond donors (Lipinski definition) is 2. The fraction of sp³-hybridized carbons (Fsp3) is 0.200. The summed E-state index contributed by atoms with van der Waals surface area (Å²) in [5, 5.41) is 5.86. The number of nitrogens with two attached hydrogens (primary N) is 1. The molecule has 2 atom stereocenters. The number of nitrogens with one attached hydrogen (secondary N) is 1. The maximum Gasteiger partial charge on any atom is 0.219 e. The Bertz CT molecular complexity index is 1480. The average molecular weight is 493 g/mol. The fourth-order valence-corrected chi connectivity index (χ4v) is 5.13. The van der Waals surface area contributed by atoms with Crippen LogP contribution in [-0.2, 0) is 11.3 Å². The van der Waals surface area contributed by atoms with Crippen molar-refractivity contribution in [3.8, 4) is 11.5 Å². The molecule has 0 radical (unpaired) electrons. The highest BCUT2D eigenvalue weighted by Gasteiger charge is 2.35. The van der Waals surface area contributed by atoms with Crippen molar-refractivity contribution in [2.45, 2.75) is 25.1 Å². The first-order valence-corrected chi connectivity index (χ1v) is 12.5. The van der Waals surface area contributed by atoms with Crippen molar-refractivity contribution in [1.82, 2.24) is 4.90 Å². The minimum Gasteiger partial charge on any atom is -0.486 e. The Labute approximate surface area is 215 Å². The molecule has 0 aromatic heterocycles. The van der Waals surface area contributed by atoms with E-state index in [-0.39, 0.29) is 24.5 Å². The lowest BCUT2D eigenvalue weighted by atomic mass is 9.97. The zero-order chi connectivity index (χ0) is 25.2. The summed E-state index contributed by atoms with van der Waals surface area (Å²) < 4.78 is 12.3. The van der Waals surface area contributed by atoms with Gasteiger partial charge in [-0.2, -0.15) is 0 Å². The third-order valence-electron chi connectivity index (χ3n) is 6.86. The molecule has 2 aliphatic heterocycles.